The van der Waals surface area contributed by atoms with E-state index in [2.05, 4.69) is 10.5 Å². The molecule has 0 aliphatic heterocycles. The maximum Gasteiger partial charge on any atom is 0.0962 e. The van der Waals surface area contributed by atoms with Crippen molar-refractivity contribution in [2.45, 2.75) is 27.2 Å². The van der Waals surface area contributed by atoms with E-state index in [1.165, 1.54) is 0 Å². The number of allylic oxidation sites excluding steroid dienone is 2. The van der Waals surface area contributed by atoms with Gasteiger partial charge in [-0.3, -0.25) is 5.43 Å². The summed E-state index contributed by atoms with van der Waals surface area (Å²) in [5, 5.41) is 20.8. The van der Waals surface area contributed by atoms with E-state index in [1.54, 1.807) is 20.8 Å². The summed E-state index contributed by atoms with van der Waals surface area (Å²) < 4.78 is 0. The van der Waals surface area contributed by atoms with E-state index in [0.29, 0.717) is 23.4 Å². The number of nitrogens with zero attached hydrogens (tertiary/aromatic N) is 3. The Bertz CT molecular complexity index is 311. The number of hydrazone groups is 1. The molecule has 4 nitrogen and oxygen atoms in total. The normalized spacial score (nSPS) is 12.5. The zero-order valence-corrected chi connectivity index (χ0v) is 8.05. The molecule has 0 aromatic heterocycles. The fourth-order valence-corrected chi connectivity index (χ4v) is 0.501. The molecule has 0 rings (SSSR count). The van der Waals surface area contributed by atoms with Crippen LogP contribution in [0.15, 0.2) is 16.4 Å². The van der Waals surface area contributed by atoms with E-state index in [1.807, 2.05) is 12.1 Å². The molecule has 0 aromatic rings. The molecular formula is C9H12N4. The Morgan fingerprint density at radius 1 is 1.31 bits per heavy atom. The van der Waals surface area contributed by atoms with Gasteiger partial charge in [0.1, 0.15) is 0 Å². The molecule has 0 bridgehead atoms. The smallest absolute Gasteiger partial charge is 0.0962 e. The van der Waals surface area contributed by atoms with Gasteiger partial charge in [0.15, 0.2) is 0 Å². The molecule has 4 heteroatoms. The van der Waals surface area contributed by atoms with Gasteiger partial charge in [0, 0.05) is 17.0 Å². The maximum atomic E-state index is 8.53. The second kappa shape index (κ2) is 5.79. The molecule has 0 radical (unpaired) electrons. The van der Waals surface area contributed by atoms with E-state index in [4.69, 9.17) is 10.5 Å². The Balaban J connectivity index is 4.28. The Morgan fingerprint density at radius 3 is 2.38 bits per heavy atom. The predicted octanol–water partition coefficient (Wildman–Crippen LogP) is 1.68. The van der Waals surface area contributed by atoms with Crippen molar-refractivity contribution in [2.75, 3.05) is 0 Å². The van der Waals surface area contributed by atoms with Gasteiger partial charge in [-0.05, 0) is 20.8 Å². The van der Waals surface area contributed by atoms with Gasteiger partial charge in [0.2, 0.25) is 0 Å². The quantitative estimate of drug-likeness (QED) is 0.404. The number of nitriles is 2. The van der Waals surface area contributed by atoms with Crippen molar-refractivity contribution in [1.29, 1.82) is 10.5 Å². The van der Waals surface area contributed by atoms with Crippen molar-refractivity contribution < 1.29 is 0 Å². The summed E-state index contributed by atoms with van der Waals surface area (Å²) in [5.74, 6) is 0. The summed E-state index contributed by atoms with van der Waals surface area (Å²) in [6.45, 7) is 5.23. The third-order valence-corrected chi connectivity index (χ3v) is 1.48. The van der Waals surface area contributed by atoms with Crippen molar-refractivity contribution in [3.63, 3.8) is 0 Å². The third kappa shape index (κ3) is 4.60. The average molecular weight is 176 g/mol. The molecule has 0 aromatic carbocycles. The molecule has 0 aliphatic rings. The first kappa shape index (κ1) is 11.2. The zero-order valence-electron chi connectivity index (χ0n) is 8.05. The summed E-state index contributed by atoms with van der Waals surface area (Å²) in [6.07, 6.45) is 0.298. The lowest BCUT2D eigenvalue weighted by Gasteiger charge is -2.01. The molecule has 0 amide bonds. The van der Waals surface area contributed by atoms with Crippen molar-refractivity contribution >= 4 is 5.71 Å². The number of hydrogen-bond donors (Lipinski definition) is 1. The van der Waals surface area contributed by atoms with E-state index in [-0.39, 0.29) is 0 Å². The first-order chi connectivity index (χ1) is 6.11. The molecule has 0 unspecified atom stereocenters. The van der Waals surface area contributed by atoms with E-state index >= 15 is 0 Å². The molecule has 13 heavy (non-hydrogen) atoms. The summed E-state index contributed by atoms with van der Waals surface area (Å²) in [7, 11) is 0. The summed E-state index contributed by atoms with van der Waals surface area (Å²) in [4.78, 5) is 0. The highest BCUT2D eigenvalue weighted by molar-refractivity contribution is 5.83. The van der Waals surface area contributed by atoms with Crippen LogP contribution in [0.4, 0.5) is 0 Å². The minimum atomic E-state index is 0.298. The van der Waals surface area contributed by atoms with Crippen LogP contribution in [-0.2, 0) is 0 Å². The second-order valence-corrected chi connectivity index (χ2v) is 2.66. The van der Waals surface area contributed by atoms with Crippen LogP contribution in [0.25, 0.3) is 0 Å². The minimum Gasteiger partial charge on any atom is -0.282 e. The highest BCUT2D eigenvalue weighted by Crippen LogP contribution is 1.97. The lowest BCUT2D eigenvalue weighted by atomic mass is 10.3. The van der Waals surface area contributed by atoms with Crippen LogP contribution < -0.4 is 5.43 Å². The number of hydrogen-bond acceptors (Lipinski definition) is 4. The molecular weight excluding hydrogens is 164 g/mol. The molecule has 0 heterocycles. The Hall–Kier alpha value is -1.81. The van der Waals surface area contributed by atoms with Crippen LogP contribution in [0.5, 0.6) is 0 Å². The topological polar surface area (TPSA) is 72.0 Å². The molecule has 68 valence electrons. The van der Waals surface area contributed by atoms with Gasteiger partial charge in [-0.2, -0.15) is 15.6 Å². The largest absolute Gasteiger partial charge is 0.282 e. The first-order valence-electron chi connectivity index (χ1n) is 3.85. The molecule has 0 saturated heterocycles. The van der Waals surface area contributed by atoms with E-state index in [0.717, 1.165) is 0 Å². The van der Waals surface area contributed by atoms with Crippen LogP contribution in [0, 0.1) is 22.7 Å². The highest BCUT2D eigenvalue weighted by Gasteiger charge is 1.93. The first-order valence-corrected chi connectivity index (χ1v) is 3.85. The number of rotatable bonds is 3. The Kier molecular flexibility index (Phi) is 4.99. The summed E-state index contributed by atoms with van der Waals surface area (Å²) >= 11 is 0. The molecule has 0 atom stereocenters. The van der Waals surface area contributed by atoms with Gasteiger partial charge >= 0.3 is 0 Å². The van der Waals surface area contributed by atoms with Crippen molar-refractivity contribution in [3.05, 3.63) is 11.3 Å². The van der Waals surface area contributed by atoms with Crippen LogP contribution >= 0.6 is 0 Å². The molecule has 0 saturated carbocycles. The lowest BCUT2D eigenvalue weighted by Crippen LogP contribution is -2.07. The predicted molar refractivity (Wildman–Crippen MR) is 50.5 cm³/mol. The van der Waals surface area contributed by atoms with E-state index < -0.39 is 0 Å². The van der Waals surface area contributed by atoms with Crippen LogP contribution in [0.2, 0.25) is 0 Å². The third-order valence-electron chi connectivity index (χ3n) is 1.48. The summed E-state index contributed by atoms with van der Waals surface area (Å²) in [6, 6.07) is 3.99. The molecule has 0 aliphatic carbocycles. The van der Waals surface area contributed by atoms with Crippen molar-refractivity contribution in [2.24, 2.45) is 5.10 Å². The summed E-state index contributed by atoms with van der Waals surface area (Å²) in [5.41, 5.74) is 4.71. The van der Waals surface area contributed by atoms with Gasteiger partial charge in [0.05, 0.1) is 18.6 Å². The zero-order chi connectivity index (χ0) is 10.3. The Labute approximate surface area is 78.2 Å². The molecule has 1 N–H and O–H groups in total. The fraction of sp³-hybridized carbons (Fsp3) is 0.444. The molecule has 0 spiro atoms. The van der Waals surface area contributed by atoms with Gasteiger partial charge in [-0.15, -0.1) is 0 Å². The van der Waals surface area contributed by atoms with Crippen molar-refractivity contribution in [3.8, 4) is 12.1 Å². The van der Waals surface area contributed by atoms with Gasteiger partial charge in [-0.25, -0.2) is 0 Å². The average Bonchev–Trinajstić information content (AvgIpc) is 2.13. The minimum absolute atomic E-state index is 0.298. The number of nitrogens with one attached hydrogen (secondary N) is 1. The van der Waals surface area contributed by atoms with Crippen LogP contribution in [0.3, 0.4) is 0 Å². The van der Waals surface area contributed by atoms with E-state index in [9.17, 15) is 0 Å². The van der Waals surface area contributed by atoms with Crippen molar-refractivity contribution in [1.82, 2.24) is 5.43 Å². The van der Waals surface area contributed by atoms with Crippen LogP contribution in [-0.4, -0.2) is 5.71 Å². The highest BCUT2D eigenvalue weighted by atomic mass is 15.3. The SMILES string of the molecule is C/C(CC#N)=N\N/C(C)=C(\C)C#N. The standard InChI is InChI=1S/C9H12N4/c1-7(6-11)9(3)13-12-8(2)4-5-10/h13H,4H2,1-3H3/b9-7+,12-8+. The van der Waals surface area contributed by atoms with Crippen LogP contribution in [0.1, 0.15) is 27.2 Å². The van der Waals surface area contributed by atoms with Gasteiger partial charge in [0.25, 0.3) is 0 Å². The second-order valence-electron chi connectivity index (χ2n) is 2.66. The lowest BCUT2D eigenvalue weighted by molar-refractivity contribution is 0.869. The van der Waals surface area contributed by atoms with Gasteiger partial charge in [-0.1, -0.05) is 0 Å². The maximum absolute atomic E-state index is 8.53. The molecule has 0 fully saturated rings. The fourth-order valence-electron chi connectivity index (χ4n) is 0.501. The van der Waals surface area contributed by atoms with Gasteiger partial charge < -0.3 is 0 Å². The Morgan fingerprint density at radius 2 is 1.92 bits per heavy atom. The monoisotopic (exact) mass is 176 g/mol.